The summed E-state index contributed by atoms with van der Waals surface area (Å²) in [5.74, 6) is -1.72. The van der Waals surface area contributed by atoms with Crippen molar-refractivity contribution in [3.8, 4) is 0 Å². The molecule has 0 amide bonds. The fraction of sp³-hybridized carbons (Fsp3) is 0.364. The molecule has 0 fully saturated rings. The van der Waals surface area contributed by atoms with Gasteiger partial charge in [-0.3, -0.25) is 0 Å². The molecule has 1 N–H and O–H groups in total. The van der Waals surface area contributed by atoms with Crippen molar-refractivity contribution in [3.05, 3.63) is 23.5 Å². The van der Waals surface area contributed by atoms with Crippen LogP contribution in [-0.2, 0) is 6.54 Å². The molecule has 2 rings (SSSR count). The normalized spacial score (nSPS) is 11.3. The van der Waals surface area contributed by atoms with Gasteiger partial charge in [0.1, 0.15) is 11.3 Å². The summed E-state index contributed by atoms with van der Waals surface area (Å²) in [7, 11) is 0. The maximum atomic E-state index is 13.5. The molecular weight excluding hydrogens is 225 g/mol. The van der Waals surface area contributed by atoms with E-state index in [0.29, 0.717) is 23.5 Å². The van der Waals surface area contributed by atoms with E-state index in [1.165, 1.54) is 12.1 Å². The van der Waals surface area contributed by atoms with Crippen LogP contribution in [0.15, 0.2) is 12.1 Å². The van der Waals surface area contributed by atoms with Crippen LogP contribution in [0.2, 0.25) is 0 Å². The molecule has 0 radical (unpaired) electrons. The second kappa shape index (κ2) is 4.12. The summed E-state index contributed by atoms with van der Waals surface area (Å²) >= 11 is 0. The number of aromatic carboxylic acids is 1. The van der Waals surface area contributed by atoms with E-state index >= 15 is 0 Å². The molecule has 90 valence electrons. The first kappa shape index (κ1) is 11.5. The van der Waals surface area contributed by atoms with Crippen molar-refractivity contribution < 1.29 is 14.3 Å². The number of nitrogens with zero attached hydrogens (tertiary/aromatic N) is 3. The third kappa shape index (κ3) is 2.11. The maximum Gasteiger partial charge on any atom is 0.338 e. The van der Waals surface area contributed by atoms with Crippen molar-refractivity contribution in [3.63, 3.8) is 0 Å². The highest BCUT2D eigenvalue weighted by Crippen LogP contribution is 2.18. The van der Waals surface area contributed by atoms with Gasteiger partial charge in [-0.25, -0.2) is 13.9 Å². The van der Waals surface area contributed by atoms with Gasteiger partial charge in [0, 0.05) is 12.6 Å². The summed E-state index contributed by atoms with van der Waals surface area (Å²) in [5, 5.41) is 16.5. The predicted molar refractivity (Wildman–Crippen MR) is 59.3 cm³/mol. The van der Waals surface area contributed by atoms with E-state index in [2.05, 4.69) is 10.3 Å². The summed E-state index contributed by atoms with van der Waals surface area (Å²) < 4.78 is 15.1. The van der Waals surface area contributed by atoms with Crippen molar-refractivity contribution in [1.82, 2.24) is 15.0 Å². The first-order valence-corrected chi connectivity index (χ1v) is 5.25. The van der Waals surface area contributed by atoms with Crippen LogP contribution >= 0.6 is 0 Å². The Hall–Kier alpha value is -1.98. The Morgan fingerprint density at radius 3 is 2.82 bits per heavy atom. The van der Waals surface area contributed by atoms with Gasteiger partial charge in [-0.1, -0.05) is 19.1 Å². The predicted octanol–water partition coefficient (Wildman–Crippen LogP) is 1.92. The molecule has 6 heteroatoms. The average Bonchev–Trinajstić information content (AvgIpc) is 2.59. The molecular formula is C11H12FN3O2. The molecule has 17 heavy (non-hydrogen) atoms. The van der Waals surface area contributed by atoms with Crippen LogP contribution in [0.4, 0.5) is 4.39 Å². The Bertz CT molecular complexity index is 577. The lowest BCUT2D eigenvalue weighted by atomic mass is 10.1. The van der Waals surface area contributed by atoms with Crippen LogP contribution in [0.5, 0.6) is 0 Å². The molecule has 5 nitrogen and oxygen atoms in total. The zero-order chi connectivity index (χ0) is 12.6. The van der Waals surface area contributed by atoms with Crippen LogP contribution in [0.25, 0.3) is 11.0 Å². The van der Waals surface area contributed by atoms with Crippen LogP contribution in [-0.4, -0.2) is 26.1 Å². The molecule has 0 saturated heterocycles. The first-order chi connectivity index (χ1) is 7.99. The zero-order valence-electron chi connectivity index (χ0n) is 9.51. The molecule has 0 aliphatic rings. The lowest BCUT2D eigenvalue weighted by molar-refractivity contribution is 0.0692. The molecule has 2 aromatic rings. The minimum atomic E-state index is -1.30. The Labute approximate surface area is 96.9 Å². The van der Waals surface area contributed by atoms with E-state index in [1.54, 1.807) is 4.68 Å². The largest absolute Gasteiger partial charge is 0.478 e. The van der Waals surface area contributed by atoms with Crippen LogP contribution in [0.3, 0.4) is 0 Å². The molecule has 0 saturated carbocycles. The summed E-state index contributed by atoms with van der Waals surface area (Å²) in [6.07, 6.45) is 0. The summed E-state index contributed by atoms with van der Waals surface area (Å²) in [6.45, 7) is 4.63. The highest BCUT2D eigenvalue weighted by Gasteiger charge is 2.15. The Morgan fingerprint density at radius 2 is 2.24 bits per heavy atom. The number of carboxylic acid groups (broad SMARTS) is 1. The number of carboxylic acids is 1. The topological polar surface area (TPSA) is 68.0 Å². The molecule has 0 bridgehead atoms. The minimum absolute atomic E-state index is 0.349. The zero-order valence-corrected chi connectivity index (χ0v) is 9.51. The smallest absolute Gasteiger partial charge is 0.338 e. The lowest BCUT2D eigenvalue weighted by Gasteiger charge is -2.05. The molecule has 1 heterocycles. The Kier molecular flexibility index (Phi) is 2.79. The van der Waals surface area contributed by atoms with Crippen molar-refractivity contribution in [2.24, 2.45) is 5.92 Å². The number of hydrogen-bond donors (Lipinski definition) is 1. The molecule has 1 aromatic heterocycles. The van der Waals surface area contributed by atoms with E-state index < -0.39 is 11.8 Å². The second-order valence-corrected chi connectivity index (χ2v) is 4.29. The van der Waals surface area contributed by atoms with Gasteiger partial charge in [0.05, 0.1) is 11.1 Å². The third-order valence-corrected chi connectivity index (χ3v) is 2.37. The number of aromatic nitrogens is 3. The van der Waals surface area contributed by atoms with E-state index in [9.17, 15) is 9.18 Å². The van der Waals surface area contributed by atoms with Gasteiger partial charge < -0.3 is 5.11 Å². The summed E-state index contributed by atoms with van der Waals surface area (Å²) in [6, 6.07) is 2.37. The molecule has 0 aliphatic carbocycles. The third-order valence-electron chi connectivity index (χ3n) is 2.37. The van der Waals surface area contributed by atoms with Crippen molar-refractivity contribution in [1.29, 1.82) is 0 Å². The molecule has 0 unspecified atom stereocenters. The highest BCUT2D eigenvalue weighted by molar-refractivity contribution is 5.92. The fourth-order valence-corrected chi connectivity index (χ4v) is 1.63. The maximum absolute atomic E-state index is 13.5. The molecule has 1 aromatic carbocycles. The fourth-order valence-electron chi connectivity index (χ4n) is 1.63. The number of rotatable bonds is 3. The van der Waals surface area contributed by atoms with Gasteiger partial charge in [0.2, 0.25) is 0 Å². The van der Waals surface area contributed by atoms with Crippen LogP contribution < -0.4 is 0 Å². The quantitative estimate of drug-likeness (QED) is 0.885. The van der Waals surface area contributed by atoms with Gasteiger partial charge in [0.25, 0.3) is 0 Å². The van der Waals surface area contributed by atoms with Crippen LogP contribution in [0, 0.1) is 11.7 Å². The van der Waals surface area contributed by atoms with E-state index in [1.807, 2.05) is 13.8 Å². The average molecular weight is 237 g/mol. The van der Waals surface area contributed by atoms with Gasteiger partial charge in [-0.05, 0) is 12.0 Å². The molecule has 0 atom stereocenters. The molecule has 0 spiro atoms. The van der Waals surface area contributed by atoms with Crippen molar-refractivity contribution in [2.45, 2.75) is 20.4 Å². The van der Waals surface area contributed by atoms with E-state index in [4.69, 9.17) is 5.11 Å². The van der Waals surface area contributed by atoms with Crippen LogP contribution in [0.1, 0.15) is 24.2 Å². The summed E-state index contributed by atoms with van der Waals surface area (Å²) in [4.78, 5) is 10.8. The monoisotopic (exact) mass is 237 g/mol. The minimum Gasteiger partial charge on any atom is -0.478 e. The number of hydrogen-bond acceptors (Lipinski definition) is 3. The van der Waals surface area contributed by atoms with Gasteiger partial charge in [0.15, 0.2) is 0 Å². The summed E-state index contributed by atoms with van der Waals surface area (Å²) in [5.41, 5.74) is 0.528. The van der Waals surface area contributed by atoms with Gasteiger partial charge in [-0.2, -0.15) is 0 Å². The van der Waals surface area contributed by atoms with Crippen molar-refractivity contribution in [2.75, 3.05) is 0 Å². The van der Waals surface area contributed by atoms with E-state index in [-0.39, 0.29) is 5.56 Å². The molecule has 0 aliphatic heterocycles. The van der Waals surface area contributed by atoms with Crippen molar-refractivity contribution >= 4 is 17.0 Å². The van der Waals surface area contributed by atoms with Gasteiger partial charge >= 0.3 is 5.97 Å². The first-order valence-electron chi connectivity index (χ1n) is 5.25. The SMILES string of the molecule is CC(C)Cn1nnc2cc(C(=O)O)c(F)cc21. The highest BCUT2D eigenvalue weighted by atomic mass is 19.1. The number of fused-ring (bicyclic) bond motifs is 1. The standard InChI is InChI=1S/C11H12FN3O2/c1-6(2)5-15-10-4-8(12)7(11(16)17)3-9(10)13-14-15/h3-4,6H,5H2,1-2H3,(H,16,17). The Morgan fingerprint density at radius 1 is 1.53 bits per heavy atom. The van der Waals surface area contributed by atoms with Gasteiger partial charge in [-0.15, -0.1) is 5.10 Å². The number of carbonyl (C=O) groups is 1. The second-order valence-electron chi connectivity index (χ2n) is 4.29. The number of halogens is 1. The lowest BCUT2D eigenvalue weighted by Crippen LogP contribution is -2.06. The number of benzene rings is 1. The van der Waals surface area contributed by atoms with E-state index in [0.717, 1.165) is 0 Å². The Balaban J connectivity index is 2.56.